The van der Waals surface area contributed by atoms with E-state index in [4.69, 9.17) is 4.74 Å². The summed E-state index contributed by atoms with van der Waals surface area (Å²) < 4.78 is 18.8. The van der Waals surface area contributed by atoms with Gasteiger partial charge in [-0.1, -0.05) is 24.3 Å². The number of amides is 1. The maximum Gasteiger partial charge on any atom is 0.221 e. The van der Waals surface area contributed by atoms with Gasteiger partial charge in [0.15, 0.2) is 0 Å². The van der Waals surface area contributed by atoms with Crippen molar-refractivity contribution in [1.82, 2.24) is 10.6 Å². The normalized spacial score (nSPS) is 16.9. The van der Waals surface area contributed by atoms with Crippen LogP contribution in [0.25, 0.3) is 0 Å². The summed E-state index contributed by atoms with van der Waals surface area (Å²) in [5.74, 6) is 2.62. The van der Waals surface area contributed by atoms with Gasteiger partial charge >= 0.3 is 0 Å². The number of rotatable bonds is 7. The topological polar surface area (TPSA) is 50.4 Å². The molecule has 138 valence electrons. The quantitative estimate of drug-likeness (QED) is 0.782. The molecule has 1 aliphatic rings. The SMILES string of the molecule is O=C(CC1CSCCN1)NCc1ccc(OCc2cccc(F)c2)cc1. The third-order valence-electron chi connectivity index (χ3n) is 4.14. The van der Waals surface area contributed by atoms with Gasteiger partial charge in [0.05, 0.1) is 0 Å². The van der Waals surface area contributed by atoms with Crippen LogP contribution in [0, 0.1) is 5.82 Å². The lowest BCUT2D eigenvalue weighted by molar-refractivity contribution is -0.121. The van der Waals surface area contributed by atoms with E-state index in [2.05, 4.69) is 10.6 Å². The van der Waals surface area contributed by atoms with E-state index in [-0.39, 0.29) is 17.8 Å². The Hall–Kier alpha value is -2.05. The maximum absolute atomic E-state index is 13.1. The number of ether oxygens (including phenoxy) is 1. The molecule has 6 heteroatoms. The highest BCUT2D eigenvalue weighted by Gasteiger charge is 2.16. The summed E-state index contributed by atoms with van der Waals surface area (Å²) in [5, 5.41) is 6.32. The van der Waals surface area contributed by atoms with Crippen LogP contribution in [0.2, 0.25) is 0 Å². The summed E-state index contributed by atoms with van der Waals surface area (Å²) in [4.78, 5) is 12.0. The lowest BCUT2D eigenvalue weighted by Crippen LogP contribution is -2.41. The van der Waals surface area contributed by atoms with Gasteiger partial charge in [-0.25, -0.2) is 4.39 Å². The van der Waals surface area contributed by atoms with E-state index in [1.165, 1.54) is 12.1 Å². The molecule has 2 N–H and O–H groups in total. The predicted molar refractivity (Wildman–Crippen MR) is 103 cm³/mol. The molecule has 1 saturated heterocycles. The second-order valence-electron chi connectivity index (χ2n) is 6.27. The molecule has 1 fully saturated rings. The van der Waals surface area contributed by atoms with Crippen LogP contribution >= 0.6 is 11.8 Å². The minimum Gasteiger partial charge on any atom is -0.489 e. The Labute approximate surface area is 157 Å². The molecule has 26 heavy (non-hydrogen) atoms. The van der Waals surface area contributed by atoms with Crippen LogP contribution in [0.15, 0.2) is 48.5 Å². The average Bonchev–Trinajstić information content (AvgIpc) is 2.66. The molecule has 2 aromatic rings. The van der Waals surface area contributed by atoms with Crippen LogP contribution in [-0.4, -0.2) is 30.0 Å². The Bertz CT molecular complexity index is 718. The van der Waals surface area contributed by atoms with Gasteiger partial charge in [0.25, 0.3) is 0 Å². The van der Waals surface area contributed by atoms with E-state index in [0.717, 1.165) is 29.2 Å². The van der Waals surface area contributed by atoms with Crippen molar-refractivity contribution in [3.8, 4) is 5.75 Å². The van der Waals surface area contributed by atoms with E-state index in [0.29, 0.717) is 25.3 Å². The first kappa shape index (κ1) is 18.7. The van der Waals surface area contributed by atoms with Crippen LogP contribution in [0.3, 0.4) is 0 Å². The molecular formula is C20H23FN2O2S. The molecule has 0 bridgehead atoms. The van der Waals surface area contributed by atoms with Crippen molar-refractivity contribution in [2.45, 2.75) is 25.6 Å². The fourth-order valence-electron chi connectivity index (χ4n) is 2.74. The summed E-state index contributed by atoms with van der Waals surface area (Å²) in [6.07, 6.45) is 0.516. The van der Waals surface area contributed by atoms with Gasteiger partial charge in [-0.05, 0) is 35.4 Å². The number of carbonyl (C=O) groups excluding carboxylic acids is 1. The Balaban J connectivity index is 1.41. The highest BCUT2D eigenvalue weighted by atomic mass is 32.2. The highest BCUT2D eigenvalue weighted by Crippen LogP contribution is 2.15. The van der Waals surface area contributed by atoms with Gasteiger partial charge in [-0.15, -0.1) is 0 Å². The van der Waals surface area contributed by atoms with Crippen molar-refractivity contribution in [3.05, 3.63) is 65.5 Å². The summed E-state index contributed by atoms with van der Waals surface area (Å²) in [5.41, 5.74) is 1.80. The third-order valence-corrected chi connectivity index (χ3v) is 5.27. The molecule has 0 saturated carbocycles. The average molecular weight is 374 g/mol. The Morgan fingerprint density at radius 3 is 2.81 bits per heavy atom. The van der Waals surface area contributed by atoms with Crippen LogP contribution < -0.4 is 15.4 Å². The van der Waals surface area contributed by atoms with Crippen LogP contribution in [0.4, 0.5) is 4.39 Å². The van der Waals surface area contributed by atoms with Gasteiger partial charge < -0.3 is 15.4 Å². The maximum atomic E-state index is 13.1. The molecule has 1 amide bonds. The molecule has 1 aliphatic heterocycles. The zero-order valence-electron chi connectivity index (χ0n) is 14.5. The smallest absolute Gasteiger partial charge is 0.221 e. The summed E-state index contributed by atoms with van der Waals surface area (Å²) >= 11 is 1.89. The molecule has 0 aliphatic carbocycles. The third kappa shape index (κ3) is 6.04. The van der Waals surface area contributed by atoms with E-state index in [1.54, 1.807) is 6.07 Å². The fourth-order valence-corrected chi connectivity index (χ4v) is 3.69. The van der Waals surface area contributed by atoms with Crippen LogP contribution in [0.5, 0.6) is 5.75 Å². The summed E-state index contributed by atoms with van der Waals surface area (Å²) in [6.45, 7) is 1.79. The highest BCUT2D eigenvalue weighted by molar-refractivity contribution is 7.99. The summed E-state index contributed by atoms with van der Waals surface area (Å²) in [6, 6.07) is 14.2. The Morgan fingerprint density at radius 2 is 2.08 bits per heavy atom. The number of halogens is 1. The number of hydrogen-bond donors (Lipinski definition) is 2. The molecule has 4 nitrogen and oxygen atoms in total. The fraction of sp³-hybridized carbons (Fsp3) is 0.350. The first-order valence-corrected chi connectivity index (χ1v) is 9.88. The lowest BCUT2D eigenvalue weighted by Gasteiger charge is -2.22. The Morgan fingerprint density at radius 1 is 1.23 bits per heavy atom. The van der Waals surface area contributed by atoms with Gasteiger partial charge in [0.2, 0.25) is 5.91 Å². The summed E-state index contributed by atoms with van der Waals surface area (Å²) in [7, 11) is 0. The largest absolute Gasteiger partial charge is 0.489 e. The molecule has 0 radical (unpaired) electrons. The van der Waals surface area contributed by atoms with Crippen molar-refractivity contribution >= 4 is 17.7 Å². The Kier molecular flexibility index (Phi) is 6.91. The second-order valence-corrected chi connectivity index (χ2v) is 7.42. The van der Waals surface area contributed by atoms with Gasteiger partial charge in [-0.3, -0.25) is 4.79 Å². The monoisotopic (exact) mass is 374 g/mol. The molecule has 1 atom stereocenters. The minimum atomic E-state index is -0.265. The van der Waals surface area contributed by atoms with Gasteiger partial charge in [-0.2, -0.15) is 11.8 Å². The first-order chi connectivity index (χ1) is 12.7. The predicted octanol–water partition coefficient (Wildman–Crippen LogP) is 3.12. The first-order valence-electron chi connectivity index (χ1n) is 8.73. The molecule has 2 aromatic carbocycles. The van der Waals surface area contributed by atoms with E-state index in [1.807, 2.05) is 42.1 Å². The molecule has 0 aromatic heterocycles. The van der Waals surface area contributed by atoms with E-state index >= 15 is 0 Å². The van der Waals surface area contributed by atoms with E-state index in [9.17, 15) is 9.18 Å². The second kappa shape index (κ2) is 9.59. The van der Waals surface area contributed by atoms with Gasteiger partial charge in [0.1, 0.15) is 18.2 Å². The number of nitrogens with one attached hydrogen (secondary N) is 2. The zero-order chi connectivity index (χ0) is 18.2. The number of hydrogen-bond acceptors (Lipinski definition) is 4. The molecule has 1 unspecified atom stereocenters. The van der Waals surface area contributed by atoms with Crippen molar-refractivity contribution in [1.29, 1.82) is 0 Å². The lowest BCUT2D eigenvalue weighted by atomic mass is 10.2. The van der Waals surface area contributed by atoms with Crippen molar-refractivity contribution in [2.75, 3.05) is 18.1 Å². The number of benzene rings is 2. The van der Waals surface area contributed by atoms with E-state index < -0.39 is 0 Å². The van der Waals surface area contributed by atoms with Crippen LogP contribution in [-0.2, 0) is 17.9 Å². The zero-order valence-corrected chi connectivity index (χ0v) is 15.4. The number of thioether (sulfide) groups is 1. The van der Waals surface area contributed by atoms with Crippen molar-refractivity contribution in [2.24, 2.45) is 0 Å². The molecular weight excluding hydrogens is 351 g/mol. The van der Waals surface area contributed by atoms with Gasteiger partial charge in [0, 0.05) is 37.1 Å². The van der Waals surface area contributed by atoms with Crippen molar-refractivity contribution in [3.63, 3.8) is 0 Å². The minimum absolute atomic E-state index is 0.0661. The molecule has 0 spiro atoms. The standard InChI is InChI=1S/C20H23FN2O2S/c21-17-3-1-2-16(10-17)13-25-19-6-4-15(5-7-19)12-23-20(24)11-18-14-26-9-8-22-18/h1-7,10,18,22H,8-9,11-14H2,(H,23,24). The number of carbonyl (C=O) groups is 1. The van der Waals surface area contributed by atoms with Crippen LogP contribution in [0.1, 0.15) is 17.5 Å². The molecule has 3 rings (SSSR count). The van der Waals surface area contributed by atoms with Crippen molar-refractivity contribution < 1.29 is 13.9 Å². The molecule has 1 heterocycles.